The van der Waals surface area contributed by atoms with Crippen LogP contribution >= 0.6 is 0 Å². The van der Waals surface area contributed by atoms with Gasteiger partial charge in [-0.25, -0.2) is 9.78 Å². The van der Waals surface area contributed by atoms with E-state index >= 15 is 0 Å². The monoisotopic (exact) mass is 389 g/mol. The molecule has 2 aromatic carbocycles. The lowest BCUT2D eigenvalue weighted by atomic mass is 10.0. The van der Waals surface area contributed by atoms with Crippen LogP contribution in [0.1, 0.15) is 35.3 Å². The molecular weight excluding hydrogens is 366 g/mol. The maximum atomic E-state index is 12.7. The van der Waals surface area contributed by atoms with Gasteiger partial charge in [-0.3, -0.25) is 0 Å². The Morgan fingerprint density at radius 1 is 1.14 bits per heavy atom. The fourth-order valence-corrected chi connectivity index (χ4v) is 3.43. The Morgan fingerprint density at radius 3 is 2.83 bits per heavy atom. The molecular formula is C24H23NO4. The number of carbonyl (C=O) groups excluding carboxylic acids is 1. The Kier molecular flexibility index (Phi) is 5.75. The number of hydrogen-bond acceptors (Lipinski definition) is 5. The van der Waals surface area contributed by atoms with Gasteiger partial charge in [0.1, 0.15) is 24.2 Å². The van der Waals surface area contributed by atoms with E-state index in [-0.39, 0.29) is 11.8 Å². The fourth-order valence-electron chi connectivity index (χ4n) is 3.43. The summed E-state index contributed by atoms with van der Waals surface area (Å²) in [6.45, 7) is 0.455. The molecule has 0 spiro atoms. The molecule has 1 aromatic heterocycles. The summed E-state index contributed by atoms with van der Waals surface area (Å²) >= 11 is 0. The van der Waals surface area contributed by atoms with Crippen molar-refractivity contribution < 1.29 is 19.0 Å². The van der Waals surface area contributed by atoms with E-state index in [1.54, 1.807) is 19.4 Å². The van der Waals surface area contributed by atoms with Crippen LogP contribution in [-0.2, 0) is 16.1 Å². The van der Waals surface area contributed by atoms with Gasteiger partial charge in [0.25, 0.3) is 0 Å². The Morgan fingerprint density at radius 2 is 2.00 bits per heavy atom. The van der Waals surface area contributed by atoms with Gasteiger partial charge in [-0.15, -0.1) is 0 Å². The lowest BCUT2D eigenvalue weighted by Gasteiger charge is -2.22. The predicted molar refractivity (Wildman–Crippen MR) is 111 cm³/mol. The number of benzene rings is 2. The van der Waals surface area contributed by atoms with Gasteiger partial charge in [0, 0.05) is 23.4 Å². The first kappa shape index (κ1) is 19.0. The maximum absolute atomic E-state index is 12.7. The predicted octanol–water partition coefficient (Wildman–Crippen LogP) is 5.05. The molecule has 0 saturated heterocycles. The largest absolute Gasteiger partial charge is 0.501 e. The van der Waals surface area contributed by atoms with Crippen LogP contribution in [-0.4, -0.2) is 24.2 Å². The van der Waals surface area contributed by atoms with Crippen LogP contribution in [0.25, 0.3) is 10.8 Å². The summed E-state index contributed by atoms with van der Waals surface area (Å²) in [4.78, 5) is 17.0. The molecule has 1 atom stereocenters. The SMILES string of the molecule is COC1=CCCC(OC(=O)c2cc3c(OCc4ccccc4)cccc3cn2)C1. The Bertz CT molecular complexity index is 1030. The van der Waals surface area contributed by atoms with Crippen molar-refractivity contribution >= 4 is 16.7 Å². The minimum absolute atomic E-state index is 0.190. The summed E-state index contributed by atoms with van der Waals surface area (Å²) in [5.41, 5.74) is 1.36. The molecule has 5 nitrogen and oxygen atoms in total. The number of aromatic nitrogens is 1. The standard InChI is InChI=1S/C24H23NO4/c1-27-19-10-6-11-20(13-19)29-24(26)22-14-21-18(15-25-22)9-5-12-23(21)28-16-17-7-3-2-4-8-17/h2-5,7-10,12,14-15,20H,6,11,13,16H2,1H3. The molecule has 4 rings (SSSR count). The van der Waals surface area contributed by atoms with E-state index < -0.39 is 5.97 Å². The van der Waals surface area contributed by atoms with Crippen LogP contribution in [0.15, 0.2) is 72.6 Å². The van der Waals surface area contributed by atoms with Gasteiger partial charge < -0.3 is 14.2 Å². The smallest absolute Gasteiger partial charge is 0.357 e. The molecule has 0 N–H and O–H groups in total. The summed E-state index contributed by atoms with van der Waals surface area (Å²) in [5, 5.41) is 1.75. The number of ether oxygens (including phenoxy) is 3. The molecule has 3 aromatic rings. The number of esters is 1. The highest BCUT2D eigenvalue weighted by atomic mass is 16.5. The van der Waals surface area contributed by atoms with Crippen molar-refractivity contribution in [3.63, 3.8) is 0 Å². The number of hydrogen-bond donors (Lipinski definition) is 0. The third-order valence-corrected chi connectivity index (χ3v) is 5.00. The van der Waals surface area contributed by atoms with Crippen LogP contribution in [0.2, 0.25) is 0 Å². The van der Waals surface area contributed by atoms with E-state index in [0.717, 1.165) is 34.9 Å². The molecule has 0 bridgehead atoms. The Hall–Kier alpha value is -3.34. The van der Waals surface area contributed by atoms with E-state index in [1.807, 2.05) is 54.6 Å². The quantitative estimate of drug-likeness (QED) is 0.552. The number of allylic oxidation sites excluding steroid dienone is 1. The molecule has 0 saturated carbocycles. The van der Waals surface area contributed by atoms with Gasteiger partial charge in [-0.05, 0) is 36.6 Å². The summed E-state index contributed by atoms with van der Waals surface area (Å²) in [7, 11) is 1.64. The van der Waals surface area contributed by atoms with Gasteiger partial charge in [0.15, 0.2) is 0 Å². The average molecular weight is 389 g/mol. The van der Waals surface area contributed by atoms with Crippen LogP contribution < -0.4 is 4.74 Å². The normalized spacial score (nSPS) is 16.2. The number of carbonyl (C=O) groups is 1. The number of nitrogens with zero attached hydrogens (tertiary/aromatic N) is 1. The second-order valence-corrected chi connectivity index (χ2v) is 7.00. The first-order valence-electron chi connectivity index (χ1n) is 9.72. The highest BCUT2D eigenvalue weighted by molar-refractivity contribution is 5.95. The van der Waals surface area contributed by atoms with E-state index in [1.165, 1.54) is 0 Å². The van der Waals surface area contributed by atoms with Crippen molar-refractivity contribution in [1.29, 1.82) is 0 Å². The number of fused-ring (bicyclic) bond motifs is 1. The lowest BCUT2D eigenvalue weighted by Crippen LogP contribution is -2.22. The molecule has 0 fully saturated rings. The van der Waals surface area contributed by atoms with Gasteiger partial charge >= 0.3 is 5.97 Å². The van der Waals surface area contributed by atoms with Crippen molar-refractivity contribution in [1.82, 2.24) is 4.98 Å². The minimum atomic E-state index is -0.424. The molecule has 148 valence electrons. The Labute approximate surface area is 169 Å². The zero-order chi connectivity index (χ0) is 20.1. The summed E-state index contributed by atoms with van der Waals surface area (Å²) in [6, 6.07) is 17.5. The molecule has 1 heterocycles. The van der Waals surface area contributed by atoms with Gasteiger partial charge in [0.05, 0.1) is 12.9 Å². The molecule has 1 aliphatic rings. The second-order valence-electron chi connectivity index (χ2n) is 7.00. The van der Waals surface area contributed by atoms with E-state index in [4.69, 9.17) is 14.2 Å². The number of pyridine rings is 1. The zero-order valence-corrected chi connectivity index (χ0v) is 16.3. The van der Waals surface area contributed by atoms with Gasteiger partial charge in [0.2, 0.25) is 0 Å². The third kappa shape index (κ3) is 4.57. The van der Waals surface area contributed by atoms with Crippen molar-refractivity contribution in [3.05, 3.63) is 83.9 Å². The topological polar surface area (TPSA) is 57.7 Å². The molecule has 1 unspecified atom stereocenters. The zero-order valence-electron chi connectivity index (χ0n) is 16.3. The van der Waals surface area contributed by atoms with Crippen LogP contribution in [0.4, 0.5) is 0 Å². The average Bonchev–Trinajstić information content (AvgIpc) is 2.78. The molecule has 0 radical (unpaired) electrons. The second kappa shape index (κ2) is 8.78. The first-order valence-corrected chi connectivity index (χ1v) is 9.72. The van der Waals surface area contributed by atoms with E-state index in [2.05, 4.69) is 4.98 Å². The molecule has 0 amide bonds. The van der Waals surface area contributed by atoms with E-state index in [0.29, 0.717) is 18.8 Å². The van der Waals surface area contributed by atoms with Gasteiger partial charge in [-0.1, -0.05) is 42.5 Å². The van der Waals surface area contributed by atoms with Crippen LogP contribution in [0, 0.1) is 0 Å². The highest BCUT2D eigenvalue weighted by Crippen LogP contribution is 2.27. The number of rotatable bonds is 6. The summed E-state index contributed by atoms with van der Waals surface area (Å²) in [6.07, 6.45) is 5.75. The van der Waals surface area contributed by atoms with Crippen molar-refractivity contribution in [2.75, 3.05) is 7.11 Å². The van der Waals surface area contributed by atoms with Crippen molar-refractivity contribution in [3.8, 4) is 5.75 Å². The molecule has 5 heteroatoms. The molecule has 29 heavy (non-hydrogen) atoms. The van der Waals surface area contributed by atoms with E-state index in [9.17, 15) is 4.79 Å². The lowest BCUT2D eigenvalue weighted by molar-refractivity contribution is 0.0229. The van der Waals surface area contributed by atoms with Gasteiger partial charge in [-0.2, -0.15) is 0 Å². The Balaban J connectivity index is 1.52. The third-order valence-electron chi connectivity index (χ3n) is 5.00. The fraction of sp³-hybridized carbons (Fsp3) is 0.250. The molecule has 1 aliphatic carbocycles. The van der Waals surface area contributed by atoms with Crippen molar-refractivity contribution in [2.45, 2.75) is 32.0 Å². The van der Waals surface area contributed by atoms with Crippen molar-refractivity contribution in [2.24, 2.45) is 0 Å². The summed E-state index contributed by atoms with van der Waals surface area (Å²) in [5.74, 6) is 1.15. The van der Waals surface area contributed by atoms with Crippen LogP contribution in [0.3, 0.4) is 0 Å². The minimum Gasteiger partial charge on any atom is -0.501 e. The molecule has 0 aliphatic heterocycles. The number of methoxy groups -OCH3 is 1. The van der Waals surface area contributed by atoms with Crippen LogP contribution in [0.5, 0.6) is 5.75 Å². The maximum Gasteiger partial charge on any atom is 0.357 e. The highest BCUT2D eigenvalue weighted by Gasteiger charge is 2.22. The first-order chi connectivity index (χ1) is 14.2. The summed E-state index contributed by atoms with van der Waals surface area (Å²) < 4.78 is 17.0.